The maximum absolute atomic E-state index is 11.3. The van der Waals surface area contributed by atoms with Crippen molar-refractivity contribution < 1.29 is 111 Å². The molecular formula is C15H15F9O6Pr. The molecule has 0 aromatic carbocycles. The minimum absolute atomic E-state index is 0. The molecule has 0 aromatic heterocycles. The van der Waals surface area contributed by atoms with Crippen LogP contribution in [0.25, 0.3) is 0 Å². The zero-order valence-electron chi connectivity index (χ0n) is 15.8. The normalized spacial score (nSPS) is 13.0. The van der Waals surface area contributed by atoms with Gasteiger partial charge in [0.15, 0.2) is 0 Å². The van der Waals surface area contributed by atoms with Gasteiger partial charge in [-0.1, -0.05) is 0 Å². The Kier molecular flexibility index (Phi) is 18.0. The standard InChI is InChI=1S/3C5H5F3O2.Pr/c3*1-3(9)2-4(10)5(6,7)8;/h3*2,9H,1H3;/b3*3-2-;. The van der Waals surface area contributed by atoms with Crippen LogP contribution in [0.15, 0.2) is 35.5 Å². The van der Waals surface area contributed by atoms with Gasteiger partial charge < -0.3 is 15.3 Å². The fourth-order valence-corrected chi connectivity index (χ4v) is 0.815. The molecule has 6 nitrogen and oxygen atoms in total. The first-order valence-electron chi connectivity index (χ1n) is 6.97. The van der Waals surface area contributed by atoms with Crippen LogP contribution in [0.2, 0.25) is 0 Å². The maximum Gasteiger partial charge on any atom is 0.454 e. The van der Waals surface area contributed by atoms with Gasteiger partial charge in [-0.05, 0) is 20.8 Å². The number of aliphatic hydroxyl groups is 3. The molecule has 0 atom stereocenters. The molecule has 0 aliphatic rings. The van der Waals surface area contributed by atoms with Crippen molar-refractivity contribution in [2.45, 2.75) is 39.3 Å². The third kappa shape index (κ3) is 24.5. The van der Waals surface area contributed by atoms with Crippen molar-refractivity contribution in [3.63, 3.8) is 0 Å². The minimum atomic E-state index is -4.88. The summed E-state index contributed by atoms with van der Waals surface area (Å²) in [6.07, 6.45) is -14.3. The van der Waals surface area contributed by atoms with Crippen molar-refractivity contribution >= 4 is 17.3 Å². The quantitative estimate of drug-likeness (QED) is 0.244. The largest absolute Gasteiger partial charge is 0.512 e. The molecule has 0 heterocycles. The van der Waals surface area contributed by atoms with Crippen molar-refractivity contribution in [1.82, 2.24) is 0 Å². The van der Waals surface area contributed by atoms with E-state index in [1.54, 1.807) is 0 Å². The zero-order chi connectivity index (χ0) is 25.1. The molecule has 0 spiro atoms. The van der Waals surface area contributed by atoms with Crippen molar-refractivity contribution in [2.24, 2.45) is 0 Å². The van der Waals surface area contributed by atoms with Gasteiger partial charge in [0, 0.05) is 59.5 Å². The van der Waals surface area contributed by atoms with E-state index >= 15 is 0 Å². The van der Waals surface area contributed by atoms with Crippen LogP contribution in [-0.2, 0) is 14.4 Å². The van der Waals surface area contributed by atoms with Crippen molar-refractivity contribution in [3.05, 3.63) is 35.5 Å². The first-order valence-corrected chi connectivity index (χ1v) is 6.97. The molecule has 0 fully saturated rings. The average molecular weight is 603 g/mol. The Bertz CT molecular complexity index is 594. The van der Waals surface area contributed by atoms with Gasteiger partial charge in [0.25, 0.3) is 17.3 Å². The molecule has 0 aliphatic heterocycles. The molecule has 0 bridgehead atoms. The van der Waals surface area contributed by atoms with Gasteiger partial charge in [-0.15, -0.1) is 0 Å². The summed E-state index contributed by atoms with van der Waals surface area (Å²) in [7, 11) is 0. The van der Waals surface area contributed by atoms with Crippen LogP contribution < -0.4 is 0 Å². The van der Waals surface area contributed by atoms with Crippen molar-refractivity contribution in [1.29, 1.82) is 0 Å². The van der Waals surface area contributed by atoms with E-state index in [2.05, 4.69) is 0 Å². The number of alkyl halides is 9. The number of ketones is 3. The molecule has 0 saturated carbocycles. The third-order valence-electron chi connectivity index (χ3n) is 1.86. The number of hydrogen-bond donors (Lipinski definition) is 3. The molecule has 3 N–H and O–H groups in total. The number of rotatable bonds is 3. The van der Waals surface area contributed by atoms with Crippen LogP contribution in [0.4, 0.5) is 39.5 Å². The monoisotopic (exact) mass is 603 g/mol. The third-order valence-corrected chi connectivity index (χ3v) is 1.86. The topological polar surface area (TPSA) is 112 Å². The fraction of sp³-hybridized carbons (Fsp3) is 0.400. The molecule has 16 heteroatoms. The zero-order valence-corrected chi connectivity index (χ0v) is 19.5. The molecule has 0 rings (SSSR count). The van der Waals surface area contributed by atoms with E-state index in [1.807, 2.05) is 0 Å². The summed E-state index contributed by atoms with van der Waals surface area (Å²) in [6, 6.07) is 0. The van der Waals surface area contributed by atoms with E-state index in [9.17, 15) is 53.9 Å². The van der Waals surface area contributed by atoms with Crippen LogP contribution in [0.1, 0.15) is 20.8 Å². The first kappa shape index (κ1) is 36.7. The maximum atomic E-state index is 11.3. The molecule has 31 heavy (non-hydrogen) atoms. The second-order valence-corrected chi connectivity index (χ2v) is 4.94. The molecule has 0 aromatic rings. The molecule has 0 amide bonds. The smallest absolute Gasteiger partial charge is 0.454 e. The van der Waals surface area contributed by atoms with Crippen molar-refractivity contribution in [2.75, 3.05) is 0 Å². The van der Waals surface area contributed by atoms with E-state index in [0.29, 0.717) is 0 Å². The van der Waals surface area contributed by atoms with Gasteiger partial charge in [0.2, 0.25) is 0 Å². The van der Waals surface area contributed by atoms with E-state index in [0.717, 1.165) is 20.8 Å². The van der Waals surface area contributed by atoms with Crippen LogP contribution in [0, 0.1) is 41.3 Å². The Morgan fingerprint density at radius 3 is 0.677 bits per heavy atom. The molecule has 177 valence electrons. The summed E-state index contributed by atoms with van der Waals surface area (Å²) >= 11 is 0. The second kappa shape index (κ2) is 15.2. The number of aliphatic hydroxyl groups excluding tert-OH is 3. The van der Waals surface area contributed by atoms with Gasteiger partial charge in [-0.2, -0.15) is 39.5 Å². The fourth-order valence-electron chi connectivity index (χ4n) is 0.815. The van der Waals surface area contributed by atoms with Gasteiger partial charge in [0.05, 0.1) is 17.3 Å². The second-order valence-electron chi connectivity index (χ2n) is 4.94. The predicted molar refractivity (Wildman–Crippen MR) is 82.3 cm³/mol. The molecular weight excluding hydrogens is 588 g/mol. The minimum Gasteiger partial charge on any atom is -0.512 e. The van der Waals surface area contributed by atoms with Crippen molar-refractivity contribution in [3.8, 4) is 0 Å². The summed E-state index contributed by atoms with van der Waals surface area (Å²) in [6.45, 7) is 2.97. The average Bonchev–Trinajstić information content (AvgIpc) is 2.43. The number of hydrogen-bond acceptors (Lipinski definition) is 6. The number of allylic oxidation sites excluding steroid dienone is 6. The number of halogens is 9. The Balaban J connectivity index is -0.000000174. The Hall–Kier alpha value is -1.64. The van der Waals surface area contributed by atoms with E-state index in [1.165, 1.54) is 0 Å². The summed E-state index contributed by atoms with van der Waals surface area (Å²) in [5.41, 5.74) is 0. The molecule has 0 saturated heterocycles. The summed E-state index contributed by atoms with van der Waals surface area (Å²) in [4.78, 5) is 29.7. The Morgan fingerprint density at radius 2 is 0.645 bits per heavy atom. The number of carbonyl (C=O) groups excluding carboxylic acids is 3. The summed E-state index contributed by atoms with van der Waals surface area (Å²) < 4.78 is 102. The van der Waals surface area contributed by atoms with Gasteiger partial charge in [-0.3, -0.25) is 14.4 Å². The Labute approximate surface area is 202 Å². The van der Waals surface area contributed by atoms with E-state index in [4.69, 9.17) is 15.3 Å². The summed E-state index contributed by atoms with van der Waals surface area (Å²) in [5.74, 6) is -8.10. The first-order chi connectivity index (χ1) is 13.0. The van der Waals surface area contributed by atoms with Crippen LogP contribution >= 0.6 is 0 Å². The molecule has 1 radical (unpaired) electrons. The van der Waals surface area contributed by atoms with E-state index in [-0.39, 0.29) is 59.5 Å². The molecule has 0 aliphatic carbocycles. The molecule has 0 unspecified atom stereocenters. The predicted octanol–water partition coefficient (Wildman–Crippen LogP) is 4.74. The van der Waals surface area contributed by atoms with Gasteiger partial charge in [-0.25, -0.2) is 0 Å². The SMILES string of the molecule is C/C(O)=C/C(=O)C(F)(F)F.C/C(O)=C/C(=O)C(F)(F)F.C/C(O)=C/C(=O)C(F)(F)F.[Pr]. The number of carbonyl (C=O) groups is 3. The van der Waals surface area contributed by atoms with E-state index < -0.39 is 53.2 Å². The van der Waals surface area contributed by atoms with Crippen LogP contribution in [0.3, 0.4) is 0 Å². The van der Waals surface area contributed by atoms with Gasteiger partial charge in [0.1, 0.15) is 0 Å². The van der Waals surface area contributed by atoms with Crippen LogP contribution in [-0.4, -0.2) is 51.2 Å². The Morgan fingerprint density at radius 1 is 0.516 bits per heavy atom. The van der Waals surface area contributed by atoms with Gasteiger partial charge >= 0.3 is 18.5 Å². The summed E-state index contributed by atoms with van der Waals surface area (Å²) in [5, 5.41) is 24.7. The van der Waals surface area contributed by atoms with Crippen LogP contribution in [0.5, 0.6) is 0 Å².